The first-order valence-electron chi connectivity index (χ1n) is 7.81. The van der Waals surface area contributed by atoms with Crippen LogP contribution in [0.25, 0.3) is 11.1 Å². The molecular formula is C17H22ClN3. The highest BCUT2D eigenvalue weighted by Gasteiger charge is 2.14. The lowest BCUT2D eigenvalue weighted by Gasteiger charge is -2.23. The summed E-state index contributed by atoms with van der Waals surface area (Å²) in [6.45, 7) is 4.11. The van der Waals surface area contributed by atoms with Crippen LogP contribution in [0.15, 0.2) is 30.6 Å². The highest BCUT2D eigenvalue weighted by atomic mass is 35.5. The van der Waals surface area contributed by atoms with Crippen LogP contribution in [0.1, 0.15) is 31.7 Å². The summed E-state index contributed by atoms with van der Waals surface area (Å²) in [5.74, 6) is 0. The van der Waals surface area contributed by atoms with E-state index >= 15 is 0 Å². The molecule has 2 heterocycles. The molecule has 21 heavy (non-hydrogen) atoms. The Hall–Kier alpha value is -1.32. The van der Waals surface area contributed by atoms with Crippen LogP contribution in [0.3, 0.4) is 0 Å². The lowest BCUT2D eigenvalue weighted by atomic mass is 9.96. The number of nitrogens with one attached hydrogen (secondary N) is 1. The molecule has 1 fully saturated rings. The minimum atomic E-state index is 0.603. The molecule has 1 aliphatic rings. The minimum absolute atomic E-state index is 0.603. The molecule has 1 N–H and O–H groups in total. The average Bonchev–Trinajstić information content (AvgIpc) is 2.99. The van der Waals surface area contributed by atoms with E-state index in [1.807, 2.05) is 16.9 Å². The molecule has 0 radical (unpaired) electrons. The fourth-order valence-electron chi connectivity index (χ4n) is 2.98. The molecule has 2 aromatic rings. The van der Waals surface area contributed by atoms with E-state index in [9.17, 15) is 0 Å². The lowest BCUT2D eigenvalue weighted by Crippen LogP contribution is -2.35. The van der Waals surface area contributed by atoms with Crippen LogP contribution in [-0.2, 0) is 13.0 Å². The van der Waals surface area contributed by atoms with Gasteiger partial charge in [-0.05, 0) is 50.4 Å². The Bertz CT molecular complexity index is 600. The van der Waals surface area contributed by atoms with Crippen molar-refractivity contribution >= 4 is 11.6 Å². The van der Waals surface area contributed by atoms with Gasteiger partial charge in [0.15, 0.2) is 0 Å². The third kappa shape index (κ3) is 3.47. The fourth-order valence-corrected chi connectivity index (χ4v) is 3.21. The topological polar surface area (TPSA) is 29.9 Å². The smallest absolute Gasteiger partial charge is 0.0568 e. The number of aryl methyl sites for hydroxylation is 1. The molecule has 0 spiro atoms. The summed E-state index contributed by atoms with van der Waals surface area (Å²) in [5.41, 5.74) is 3.53. The van der Waals surface area contributed by atoms with Crippen molar-refractivity contribution in [3.63, 3.8) is 0 Å². The van der Waals surface area contributed by atoms with Crippen molar-refractivity contribution in [1.29, 1.82) is 0 Å². The molecule has 0 amide bonds. The van der Waals surface area contributed by atoms with Gasteiger partial charge in [0.05, 0.1) is 6.20 Å². The van der Waals surface area contributed by atoms with Gasteiger partial charge in [-0.25, -0.2) is 0 Å². The van der Waals surface area contributed by atoms with Gasteiger partial charge in [-0.1, -0.05) is 24.1 Å². The highest BCUT2D eigenvalue weighted by molar-refractivity contribution is 6.33. The molecule has 1 aromatic heterocycles. The Morgan fingerprint density at radius 3 is 3.00 bits per heavy atom. The van der Waals surface area contributed by atoms with E-state index < -0.39 is 0 Å². The highest BCUT2D eigenvalue weighted by Crippen LogP contribution is 2.29. The first-order chi connectivity index (χ1) is 10.3. The van der Waals surface area contributed by atoms with Crippen LogP contribution in [0.2, 0.25) is 5.02 Å². The molecule has 0 saturated carbocycles. The zero-order chi connectivity index (χ0) is 14.7. The van der Waals surface area contributed by atoms with Gasteiger partial charge in [-0.15, -0.1) is 0 Å². The maximum atomic E-state index is 6.37. The summed E-state index contributed by atoms with van der Waals surface area (Å²) >= 11 is 6.37. The number of rotatable bonds is 4. The second kappa shape index (κ2) is 6.63. The monoisotopic (exact) mass is 303 g/mol. The third-order valence-corrected chi connectivity index (χ3v) is 4.52. The predicted molar refractivity (Wildman–Crippen MR) is 87.7 cm³/mol. The molecule has 1 aromatic carbocycles. The van der Waals surface area contributed by atoms with Crippen LogP contribution in [-0.4, -0.2) is 22.4 Å². The van der Waals surface area contributed by atoms with Crippen LogP contribution in [0, 0.1) is 0 Å². The second-order valence-electron chi connectivity index (χ2n) is 5.75. The Labute approximate surface area is 131 Å². The maximum absolute atomic E-state index is 6.37. The number of halogens is 1. The van der Waals surface area contributed by atoms with Crippen LogP contribution >= 0.6 is 11.6 Å². The van der Waals surface area contributed by atoms with Crippen molar-refractivity contribution in [3.05, 3.63) is 41.2 Å². The molecule has 0 aliphatic carbocycles. The van der Waals surface area contributed by atoms with Gasteiger partial charge in [0, 0.05) is 34.9 Å². The van der Waals surface area contributed by atoms with E-state index in [-0.39, 0.29) is 0 Å². The molecule has 0 bridgehead atoms. The van der Waals surface area contributed by atoms with E-state index in [4.69, 9.17) is 11.6 Å². The Kier molecular flexibility index (Phi) is 4.61. The number of benzene rings is 1. The van der Waals surface area contributed by atoms with E-state index in [0.29, 0.717) is 6.04 Å². The van der Waals surface area contributed by atoms with Gasteiger partial charge in [-0.3, -0.25) is 4.68 Å². The Morgan fingerprint density at radius 2 is 2.29 bits per heavy atom. The average molecular weight is 304 g/mol. The van der Waals surface area contributed by atoms with Crippen molar-refractivity contribution in [2.24, 2.45) is 0 Å². The summed E-state index contributed by atoms with van der Waals surface area (Å²) in [7, 11) is 0. The largest absolute Gasteiger partial charge is 0.314 e. The first-order valence-corrected chi connectivity index (χ1v) is 8.18. The van der Waals surface area contributed by atoms with E-state index in [1.54, 1.807) is 0 Å². The normalized spacial score (nSPS) is 18.9. The fraction of sp³-hybridized carbons (Fsp3) is 0.471. The van der Waals surface area contributed by atoms with Crippen molar-refractivity contribution in [3.8, 4) is 11.1 Å². The zero-order valence-electron chi connectivity index (χ0n) is 12.5. The molecule has 0 unspecified atom stereocenters. The van der Waals surface area contributed by atoms with Crippen molar-refractivity contribution in [2.75, 3.05) is 6.54 Å². The molecular weight excluding hydrogens is 282 g/mol. The molecule has 3 nitrogen and oxygen atoms in total. The van der Waals surface area contributed by atoms with Gasteiger partial charge in [0.1, 0.15) is 0 Å². The SMILES string of the molecule is CCn1cc(-c2cc(C[C@@H]3CCCCN3)ccc2Cl)cn1. The summed E-state index contributed by atoms with van der Waals surface area (Å²) < 4.78 is 1.93. The third-order valence-electron chi connectivity index (χ3n) is 4.19. The number of aromatic nitrogens is 2. The van der Waals surface area contributed by atoms with Gasteiger partial charge in [0.2, 0.25) is 0 Å². The molecule has 112 valence electrons. The molecule has 3 rings (SSSR count). The van der Waals surface area contributed by atoms with Crippen LogP contribution in [0.4, 0.5) is 0 Å². The minimum Gasteiger partial charge on any atom is -0.314 e. The van der Waals surface area contributed by atoms with Crippen LogP contribution in [0.5, 0.6) is 0 Å². The number of hydrogen-bond donors (Lipinski definition) is 1. The van der Waals surface area contributed by atoms with Crippen molar-refractivity contribution in [1.82, 2.24) is 15.1 Å². The molecule has 1 saturated heterocycles. The van der Waals surface area contributed by atoms with Crippen molar-refractivity contribution in [2.45, 2.75) is 45.2 Å². The number of nitrogens with zero attached hydrogens (tertiary/aromatic N) is 2. The summed E-state index contributed by atoms with van der Waals surface area (Å²) in [4.78, 5) is 0. The lowest BCUT2D eigenvalue weighted by molar-refractivity contribution is 0.399. The van der Waals surface area contributed by atoms with E-state index in [0.717, 1.165) is 35.7 Å². The second-order valence-corrected chi connectivity index (χ2v) is 6.16. The van der Waals surface area contributed by atoms with E-state index in [2.05, 4.69) is 35.7 Å². The molecule has 1 aliphatic heterocycles. The molecule has 4 heteroatoms. The van der Waals surface area contributed by atoms with Gasteiger partial charge < -0.3 is 5.32 Å². The first kappa shape index (κ1) is 14.6. The van der Waals surface area contributed by atoms with Gasteiger partial charge in [-0.2, -0.15) is 5.10 Å². The van der Waals surface area contributed by atoms with Gasteiger partial charge >= 0.3 is 0 Å². The summed E-state index contributed by atoms with van der Waals surface area (Å²) in [6, 6.07) is 6.98. The summed E-state index contributed by atoms with van der Waals surface area (Å²) in [5, 5.41) is 8.75. The van der Waals surface area contributed by atoms with E-state index in [1.165, 1.54) is 24.8 Å². The summed E-state index contributed by atoms with van der Waals surface area (Å²) in [6.07, 6.45) is 8.94. The standard InChI is InChI=1S/C17H22ClN3/c1-2-21-12-14(11-20-21)16-10-13(6-7-17(16)18)9-15-5-3-4-8-19-15/h6-7,10-12,15,19H,2-5,8-9H2,1H3/t15-/m0/s1. The Balaban J connectivity index is 1.81. The maximum Gasteiger partial charge on any atom is 0.0568 e. The quantitative estimate of drug-likeness (QED) is 0.928. The van der Waals surface area contributed by atoms with Gasteiger partial charge in [0.25, 0.3) is 0 Å². The van der Waals surface area contributed by atoms with Crippen molar-refractivity contribution < 1.29 is 0 Å². The Morgan fingerprint density at radius 1 is 1.38 bits per heavy atom. The zero-order valence-corrected chi connectivity index (χ0v) is 13.2. The number of piperidine rings is 1. The predicted octanol–water partition coefficient (Wildman–Crippen LogP) is 3.91. The van der Waals surface area contributed by atoms with Crippen LogP contribution < -0.4 is 5.32 Å². The molecule has 1 atom stereocenters. The number of hydrogen-bond acceptors (Lipinski definition) is 2.